The lowest BCUT2D eigenvalue weighted by atomic mass is 10.0. The molecule has 196 valence electrons. The molecule has 0 aliphatic rings. The molecule has 1 aromatic heterocycles. The van der Waals surface area contributed by atoms with Crippen LogP contribution in [0.25, 0.3) is 11.4 Å². The van der Waals surface area contributed by atoms with Crippen LogP contribution in [0.1, 0.15) is 104 Å². The normalized spacial score (nSPS) is 11.8. The van der Waals surface area contributed by atoms with E-state index in [-0.39, 0.29) is 5.78 Å². The van der Waals surface area contributed by atoms with Crippen LogP contribution in [-0.4, -0.2) is 27.8 Å². The molecule has 3 rings (SSSR count). The minimum Gasteiger partial charge on any atom is -0.451 e. The van der Waals surface area contributed by atoms with E-state index in [4.69, 9.17) is 4.74 Å². The van der Waals surface area contributed by atoms with Gasteiger partial charge in [-0.25, -0.2) is 14.8 Å². The van der Waals surface area contributed by atoms with Crippen LogP contribution in [0, 0.1) is 0 Å². The predicted molar refractivity (Wildman–Crippen MR) is 149 cm³/mol. The van der Waals surface area contributed by atoms with E-state index in [0.29, 0.717) is 17.0 Å². The number of ether oxygens (including phenoxy) is 1. The number of hydrogen-bond acceptors (Lipinski definition) is 5. The monoisotopic (exact) mass is 500 g/mol. The van der Waals surface area contributed by atoms with Gasteiger partial charge >= 0.3 is 5.97 Å². The molecule has 0 aliphatic heterocycles. The Morgan fingerprint density at radius 2 is 1.27 bits per heavy atom. The third kappa shape index (κ3) is 8.92. The van der Waals surface area contributed by atoms with Gasteiger partial charge in [-0.3, -0.25) is 4.79 Å². The molecule has 5 heteroatoms. The Morgan fingerprint density at radius 3 is 1.92 bits per heavy atom. The lowest BCUT2D eigenvalue weighted by Crippen LogP contribution is -2.24. The highest BCUT2D eigenvalue weighted by atomic mass is 16.5. The fourth-order valence-electron chi connectivity index (χ4n) is 4.23. The number of carbonyl (C=O) groups is 2. The lowest BCUT2D eigenvalue weighted by molar-refractivity contribution is 0.0319. The number of nitrogens with zero attached hydrogens (tertiary/aromatic N) is 2. The summed E-state index contributed by atoms with van der Waals surface area (Å²) < 4.78 is 5.46. The smallest absolute Gasteiger partial charge is 0.338 e. The van der Waals surface area contributed by atoms with E-state index >= 15 is 0 Å². The maximum absolute atomic E-state index is 12.7. The summed E-state index contributed by atoms with van der Waals surface area (Å²) in [5, 5.41) is 0. The van der Waals surface area contributed by atoms with Crippen molar-refractivity contribution in [3.63, 3.8) is 0 Å². The number of ketones is 1. The zero-order valence-corrected chi connectivity index (χ0v) is 22.5. The molecule has 0 aliphatic carbocycles. The van der Waals surface area contributed by atoms with E-state index in [1.807, 2.05) is 36.7 Å². The Balaban J connectivity index is 1.50. The first kappa shape index (κ1) is 28.2. The van der Waals surface area contributed by atoms with Crippen molar-refractivity contribution < 1.29 is 14.3 Å². The quantitative estimate of drug-likeness (QED) is 0.121. The van der Waals surface area contributed by atoms with Gasteiger partial charge in [0.1, 0.15) is 0 Å². The lowest BCUT2D eigenvalue weighted by Gasteiger charge is -2.13. The number of carbonyl (C=O) groups excluding carboxylic acids is 2. The van der Waals surface area contributed by atoms with Crippen molar-refractivity contribution >= 4 is 11.8 Å². The molecule has 0 saturated heterocycles. The van der Waals surface area contributed by atoms with Gasteiger partial charge in [0.15, 0.2) is 11.9 Å². The molecule has 3 aromatic rings. The van der Waals surface area contributed by atoms with Gasteiger partial charge in [0, 0.05) is 23.5 Å². The van der Waals surface area contributed by atoms with Crippen LogP contribution in [0.3, 0.4) is 0 Å². The van der Waals surface area contributed by atoms with Gasteiger partial charge in [-0.2, -0.15) is 0 Å². The molecule has 5 nitrogen and oxygen atoms in total. The maximum Gasteiger partial charge on any atom is 0.338 e. The van der Waals surface area contributed by atoms with E-state index < -0.39 is 12.1 Å². The largest absolute Gasteiger partial charge is 0.451 e. The molecule has 2 aromatic carbocycles. The first-order chi connectivity index (χ1) is 18.0. The van der Waals surface area contributed by atoms with Crippen molar-refractivity contribution in [2.75, 3.05) is 0 Å². The number of unbranched alkanes of at least 4 members (excludes halogenated alkanes) is 6. The van der Waals surface area contributed by atoms with Gasteiger partial charge < -0.3 is 4.74 Å². The van der Waals surface area contributed by atoms with Crippen molar-refractivity contribution in [2.45, 2.75) is 91.1 Å². The topological polar surface area (TPSA) is 69.2 Å². The van der Waals surface area contributed by atoms with Crippen LogP contribution in [0.15, 0.2) is 60.9 Å². The Morgan fingerprint density at radius 1 is 0.703 bits per heavy atom. The molecule has 0 amide bonds. The van der Waals surface area contributed by atoms with E-state index in [2.05, 4.69) is 23.8 Å². The summed E-state index contributed by atoms with van der Waals surface area (Å²) in [7, 11) is 0. The molecule has 1 unspecified atom stereocenters. The second-order valence-corrected chi connectivity index (χ2v) is 9.72. The fourth-order valence-corrected chi connectivity index (χ4v) is 4.23. The van der Waals surface area contributed by atoms with Crippen molar-refractivity contribution in [1.29, 1.82) is 0 Å². The second kappa shape index (κ2) is 15.0. The number of hydrogen-bond donors (Lipinski definition) is 0. The molecule has 1 atom stereocenters. The third-order valence-electron chi connectivity index (χ3n) is 6.61. The molecule has 0 fully saturated rings. The number of rotatable bonds is 15. The summed E-state index contributed by atoms with van der Waals surface area (Å²) in [5.41, 5.74) is 4.12. The van der Waals surface area contributed by atoms with E-state index in [1.54, 1.807) is 31.2 Å². The van der Waals surface area contributed by atoms with E-state index in [9.17, 15) is 9.59 Å². The highest BCUT2D eigenvalue weighted by Gasteiger charge is 2.20. The molecule has 1 heterocycles. The van der Waals surface area contributed by atoms with E-state index in [0.717, 1.165) is 43.2 Å². The average molecular weight is 501 g/mol. The van der Waals surface area contributed by atoms with Crippen molar-refractivity contribution in [3.8, 4) is 11.4 Å². The zero-order chi connectivity index (χ0) is 26.5. The van der Waals surface area contributed by atoms with Gasteiger partial charge in [-0.1, -0.05) is 88.8 Å². The van der Waals surface area contributed by atoms with Gasteiger partial charge in [-0.15, -0.1) is 0 Å². The highest BCUT2D eigenvalue weighted by Crippen LogP contribution is 2.18. The predicted octanol–water partition coefficient (Wildman–Crippen LogP) is 7.82. The van der Waals surface area contributed by atoms with Gasteiger partial charge in [0.05, 0.1) is 5.56 Å². The minimum absolute atomic E-state index is 0.207. The highest BCUT2D eigenvalue weighted by molar-refractivity contribution is 6.01. The van der Waals surface area contributed by atoms with Crippen LogP contribution in [0.4, 0.5) is 0 Å². The molecule has 37 heavy (non-hydrogen) atoms. The first-order valence-corrected chi connectivity index (χ1v) is 13.8. The molecule has 0 N–H and O–H groups in total. The minimum atomic E-state index is -0.865. The molecule has 0 saturated carbocycles. The Bertz CT molecular complexity index is 1110. The third-order valence-corrected chi connectivity index (χ3v) is 6.61. The molecular weight excluding hydrogens is 460 g/mol. The van der Waals surface area contributed by atoms with Crippen molar-refractivity contribution in [2.24, 2.45) is 0 Å². The zero-order valence-electron chi connectivity index (χ0n) is 22.5. The summed E-state index contributed by atoms with van der Waals surface area (Å²) in [6.45, 7) is 6.00. The fraction of sp³-hybridized carbons (Fsp3) is 0.438. The SMILES string of the molecule is CCCCCCCCc1cnc(-c2ccc(C(=O)OC(C)C(=O)c3ccc(CCCC)cc3)cc2)nc1. The van der Waals surface area contributed by atoms with E-state index in [1.165, 1.54) is 37.7 Å². The number of aryl methyl sites for hydroxylation is 2. The second-order valence-electron chi connectivity index (χ2n) is 9.72. The summed E-state index contributed by atoms with van der Waals surface area (Å²) in [5.74, 6) is -0.110. The molecule has 0 bridgehead atoms. The number of esters is 1. The van der Waals surface area contributed by atoms with Crippen LogP contribution >= 0.6 is 0 Å². The van der Waals surface area contributed by atoms with Gasteiger partial charge in [0.25, 0.3) is 0 Å². The standard InChI is InChI=1S/C32H40N2O3/c1-4-6-8-9-10-11-13-26-22-33-31(34-23-26)28-18-20-29(21-19-28)32(36)37-24(3)30(35)27-16-14-25(15-17-27)12-7-5-2/h14-24H,4-13H2,1-3H3. The molecular formula is C32H40N2O3. The summed E-state index contributed by atoms with van der Waals surface area (Å²) >= 11 is 0. The van der Waals surface area contributed by atoms with Crippen molar-refractivity contribution in [1.82, 2.24) is 9.97 Å². The summed E-state index contributed by atoms with van der Waals surface area (Å²) in [4.78, 5) is 34.4. The van der Waals surface area contributed by atoms with Gasteiger partial charge in [0.2, 0.25) is 5.78 Å². The van der Waals surface area contributed by atoms with Gasteiger partial charge in [-0.05, 0) is 55.9 Å². The Kier molecular flexibility index (Phi) is 11.5. The Labute approximate surface area is 221 Å². The average Bonchev–Trinajstić information content (AvgIpc) is 2.94. The van der Waals surface area contributed by atoms with Crippen LogP contribution < -0.4 is 0 Å². The number of Topliss-reactive ketones (excluding diaryl/α,β-unsaturated/α-hetero) is 1. The molecule has 0 spiro atoms. The number of benzene rings is 2. The van der Waals surface area contributed by atoms with Crippen molar-refractivity contribution in [3.05, 3.63) is 83.2 Å². The van der Waals surface area contributed by atoms with Crippen LogP contribution in [0.2, 0.25) is 0 Å². The number of aromatic nitrogens is 2. The maximum atomic E-state index is 12.7. The first-order valence-electron chi connectivity index (χ1n) is 13.8. The Hall–Kier alpha value is -3.34. The van der Waals surface area contributed by atoms with Crippen LogP contribution in [0.5, 0.6) is 0 Å². The molecule has 0 radical (unpaired) electrons. The van der Waals surface area contributed by atoms with Crippen LogP contribution in [-0.2, 0) is 17.6 Å². The summed E-state index contributed by atoms with van der Waals surface area (Å²) in [6, 6.07) is 14.5. The summed E-state index contributed by atoms with van der Waals surface area (Å²) in [6.07, 6.45) is 14.8.